The average Bonchev–Trinajstić information content (AvgIpc) is 2.38. The molecule has 2 atom stereocenters. The third-order valence-electron chi connectivity index (χ3n) is 2.95. The van der Waals surface area contributed by atoms with Gasteiger partial charge in [-0.1, -0.05) is 12.1 Å². The number of amides is 1. The lowest BCUT2D eigenvalue weighted by Gasteiger charge is -2.24. The predicted octanol–water partition coefficient (Wildman–Crippen LogP) is 0.444. The number of nitrogens with zero attached hydrogens (tertiary/aromatic N) is 1. The fourth-order valence-electron chi connectivity index (χ4n) is 1.86. The molecule has 0 aromatic rings. The Kier molecular flexibility index (Phi) is 5.76. The van der Waals surface area contributed by atoms with E-state index in [0.717, 1.165) is 25.9 Å². The summed E-state index contributed by atoms with van der Waals surface area (Å²) in [5.74, 6) is 0.0735. The van der Waals surface area contributed by atoms with Crippen molar-refractivity contribution < 1.29 is 14.7 Å². The van der Waals surface area contributed by atoms with Gasteiger partial charge in [0.05, 0.1) is 12.5 Å². The number of carbonyl (C=O) groups excluding carboxylic acids is 1. The summed E-state index contributed by atoms with van der Waals surface area (Å²) in [4.78, 5) is 11.9. The Morgan fingerprint density at radius 3 is 3.00 bits per heavy atom. The highest BCUT2D eigenvalue weighted by Gasteiger charge is 2.23. The molecule has 6 heteroatoms. The minimum atomic E-state index is -0.0830. The van der Waals surface area contributed by atoms with Crippen LogP contribution >= 0.6 is 0 Å². The molecule has 1 aliphatic rings. The van der Waals surface area contributed by atoms with Gasteiger partial charge in [-0.2, -0.15) is 0 Å². The van der Waals surface area contributed by atoms with Crippen LogP contribution in [0.15, 0.2) is 5.16 Å². The predicted molar refractivity (Wildman–Crippen MR) is 63.8 cm³/mol. The van der Waals surface area contributed by atoms with Gasteiger partial charge in [0.2, 0.25) is 5.91 Å². The molecule has 0 aromatic heterocycles. The van der Waals surface area contributed by atoms with E-state index in [1.165, 1.54) is 0 Å². The van der Waals surface area contributed by atoms with Crippen molar-refractivity contribution in [2.75, 3.05) is 13.2 Å². The smallest absolute Gasteiger partial charge is 0.225 e. The van der Waals surface area contributed by atoms with E-state index >= 15 is 0 Å². The molecule has 1 fully saturated rings. The zero-order valence-electron chi connectivity index (χ0n) is 10.2. The third kappa shape index (κ3) is 4.60. The highest BCUT2D eigenvalue weighted by Crippen LogP contribution is 2.14. The van der Waals surface area contributed by atoms with E-state index in [4.69, 9.17) is 15.7 Å². The fraction of sp³-hybridized carbons (Fsp3) is 0.818. The Morgan fingerprint density at radius 2 is 2.47 bits per heavy atom. The van der Waals surface area contributed by atoms with Crippen molar-refractivity contribution in [1.82, 2.24) is 5.32 Å². The molecular weight excluding hydrogens is 222 g/mol. The second kappa shape index (κ2) is 7.11. The molecule has 1 saturated heterocycles. The van der Waals surface area contributed by atoms with Crippen LogP contribution in [-0.2, 0) is 9.53 Å². The first-order valence-electron chi connectivity index (χ1n) is 6.01. The lowest BCUT2D eigenvalue weighted by Crippen LogP contribution is -2.43. The second-order valence-electron chi connectivity index (χ2n) is 4.32. The van der Waals surface area contributed by atoms with Gasteiger partial charge in [0.25, 0.3) is 0 Å². The molecule has 0 radical (unpaired) electrons. The van der Waals surface area contributed by atoms with Crippen LogP contribution in [0.25, 0.3) is 0 Å². The van der Waals surface area contributed by atoms with E-state index in [1.54, 1.807) is 0 Å². The van der Waals surface area contributed by atoms with Crippen LogP contribution in [0.2, 0.25) is 0 Å². The Hall–Kier alpha value is -1.30. The molecule has 0 saturated carbocycles. The van der Waals surface area contributed by atoms with Crippen LogP contribution < -0.4 is 11.1 Å². The topological polar surface area (TPSA) is 96.9 Å². The van der Waals surface area contributed by atoms with Crippen molar-refractivity contribution in [3.63, 3.8) is 0 Å². The summed E-state index contributed by atoms with van der Waals surface area (Å²) in [6, 6.07) is -0.0830. The van der Waals surface area contributed by atoms with Crippen LogP contribution in [-0.4, -0.2) is 36.2 Å². The van der Waals surface area contributed by atoms with Crippen LogP contribution in [0.3, 0.4) is 0 Å². The number of amidine groups is 1. The maximum Gasteiger partial charge on any atom is 0.225 e. The number of hydrogen-bond acceptors (Lipinski definition) is 4. The van der Waals surface area contributed by atoms with Crippen molar-refractivity contribution in [3.05, 3.63) is 0 Å². The van der Waals surface area contributed by atoms with Gasteiger partial charge in [-0.15, -0.1) is 0 Å². The normalized spacial score (nSPS) is 23.1. The van der Waals surface area contributed by atoms with Crippen LogP contribution in [0.4, 0.5) is 0 Å². The van der Waals surface area contributed by atoms with Gasteiger partial charge < -0.3 is 21.0 Å². The highest BCUT2D eigenvalue weighted by molar-refractivity contribution is 5.82. The van der Waals surface area contributed by atoms with Gasteiger partial charge in [-0.05, 0) is 19.3 Å². The van der Waals surface area contributed by atoms with E-state index in [9.17, 15) is 4.79 Å². The molecular formula is C11H21N3O3. The first kappa shape index (κ1) is 13.8. The summed E-state index contributed by atoms with van der Waals surface area (Å²) in [5.41, 5.74) is 5.43. The maximum absolute atomic E-state index is 11.9. The maximum atomic E-state index is 11.9. The monoisotopic (exact) mass is 243 g/mol. The van der Waals surface area contributed by atoms with Crippen molar-refractivity contribution in [2.24, 2.45) is 16.8 Å². The van der Waals surface area contributed by atoms with Crippen LogP contribution in [0.5, 0.6) is 0 Å². The van der Waals surface area contributed by atoms with Crippen molar-refractivity contribution >= 4 is 11.7 Å². The molecule has 0 spiro atoms. The molecule has 6 nitrogen and oxygen atoms in total. The Balaban J connectivity index is 2.41. The van der Waals surface area contributed by atoms with Gasteiger partial charge in [-0.3, -0.25) is 4.79 Å². The minimum Gasteiger partial charge on any atom is -0.409 e. The van der Waals surface area contributed by atoms with Crippen molar-refractivity contribution in [1.29, 1.82) is 0 Å². The van der Waals surface area contributed by atoms with Crippen molar-refractivity contribution in [2.45, 2.75) is 38.6 Å². The fourth-order valence-corrected chi connectivity index (χ4v) is 1.86. The summed E-state index contributed by atoms with van der Waals surface area (Å²) in [5, 5.41) is 14.3. The molecule has 17 heavy (non-hydrogen) atoms. The van der Waals surface area contributed by atoms with E-state index in [2.05, 4.69) is 10.5 Å². The van der Waals surface area contributed by atoms with Crippen molar-refractivity contribution in [3.8, 4) is 0 Å². The summed E-state index contributed by atoms with van der Waals surface area (Å²) < 4.78 is 5.27. The highest BCUT2D eigenvalue weighted by atomic mass is 16.5. The number of hydrogen-bond donors (Lipinski definition) is 3. The Labute approximate surface area is 101 Å². The number of rotatable bonds is 5. The molecule has 0 aromatic carbocycles. The number of nitrogens with one attached hydrogen (secondary N) is 1. The molecule has 0 aliphatic carbocycles. The Morgan fingerprint density at radius 1 is 1.71 bits per heavy atom. The quantitative estimate of drug-likeness (QED) is 0.282. The van der Waals surface area contributed by atoms with E-state index < -0.39 is 0 Å². The number of ether oxygens (including phenoxy) is 1. The molecule has 1 aliphatic heterocycles. The molecule has 1 heterocycles. The van der Waals surface area contributed by atoms with Gasteiger partial charge in [-0.25, -0.2) is 0 Å². The molecule has 1 rings (SSSR count). The lowest BCUT2D eigenvalue weighted by molar-refractivity contribution is -0.129. The minimum absolute atomic E-state index is 0.00212. The number of carbonyl (C=O) groups is 1. The summed E-state index contributed by atoms with van der Waals surface area (Å²) >= 11 is 0. The van der Waals surface area contributed by atoms with Gasteiger partial charge in [0.15, 0.2) is 0 Å². The third-order valence-corrected chi connectivity index (χ3v) is 2.95. The molecule has 0 bridgehead atoms. The summed E-state index contributed by atoms with van der Waals surface area (Å²) in [6.45, 7) is 3.18. The SMILES string of the molecule is CCC(CC(N)=NO)NC(=O)C1CCCOC1. The number of nitrogens with two attached hydrogens (primary N) is 1. The Bertz CT molecular complexity index is 275. The van der Waals surface area contributed by atoms with E-state index in [0.29, 0.717) is 13.0 Å². The standard InChI is InChI=1S/C11H21N3O3/c1-2-9(6-10(12)14-16)13-11(15)8-4-3-5-17-7-8/h8-9,16H,2-7H2,1H3,(H2,12,14)(H,13,15). The average molecular weight is 243 g/mol. The molecule has 98 valence electrons. The number of oxime groups is 1. The second-order valence-corrected chi connectivity index (χ2v) is 4.32. The van der Waals surface area contributed by atoms with E-state index in [-0.39, 0.29) is 23.7 Å². The van der Waals surface area contributed by atoms with Gasteiger partial charge >= 0.3 is 0 Å². The zero-order chi connectivity index (χ0) is 12.7. The molecule has 1 amide bonds. The molecule has 4 N–H and O–H groups in total. The molecule has 2 unspecified atom stereocenters. The first-order chi connectivity index (χ1) is 8.17. The summed E-state index contributed by atoms with van der Waals surface area (Å²) in [6.07, 6.45) is 2.91. The van der Waals surface area contributed by atoms with Crippen LogP contribution in [0.1, 0.15) is 32.6 Å². The van der Waals surface area contributed by atoms with Gasteiger partial charge in [0, 0.05) is 19.1 Å². The van der Waals surface area contributed by atoms with E-state index in [1.807, 2.05) is 6.92 Å². The first-order valence-corrected chi connectivity index (χ1v) is 6.01. The largest absolute Gasteiger partial charge is 0.409 e. The van der Waals surface area contributed by atoms with Gasteiger partial charge in [0.1, 0.15) is 5.84 Å². The lowest BCUT2D eigenvalue weighted by atomic mass is 10.0. The summed E-state index contributed by atoms with van der Waals surface area (Å²) in [7, 11) is 0. The zero-order valence-corrected chi connectivity index (χ0v) is 10.2. The van der Waals surface area contributed by atoms with Crippen LogP contribution in [0, 0.1) is 5.92 Å².